The molecule has 0 amide bonds. The van der Waals surface area contributed by atoms with E-state index in [1.807, 2.05) is 19.1 Å². The summed E-state index contributed by atoms with van der Waals surface area (Å²) in [5.74, 6) is -1.53. The minimum Gasteiger partial charge on any atom is -0.405 e. The first-order valence-corrected chi connectivity index (χ1v) is 7.13. The summed E-state index contributed by atoms with van der Waals surface area (Å²) >= 11 is 0. The first-order chi connectivity index (χ1) is 11.8. The number of rotatable bonds is 5. The van der Waals surface area contributed by atoms with Gasteiger partial charge in [-0.2, -0.15) is 5.26 Å². The molecule has 0 aliphatic carbocycles. The standard InChI is InChI=1S/C18H13F3N2O2/c1-12-6-8-14(9-7-12)23-11-13(10-22)17(24)15-4-2-3-5-16(15)25-18(19,20)21/h2-9,11,23H,1H3/b13-11-. The van der Waals surface area contributed by atoms with Gasteiger partial charge in [0.2, 0.25) is 5.78 Å². The van der Waals surface area contributed by atoms with Crippen LogP contribution < -0.4 is 10.1 Å². The van der Waals surface area contributed by atoms with Gasteiger partial charge in [-0.3, -0.25) is 4.79 Å². The number of benzene rings is 2. The van der Waals surface area contributed by atoms with Crippen LogP contribution in [0.2, 0.25) is 0 Å². The van der Waals surface area contributed by atoms with Crippen LogP contribution in [-0.2, 0) is 0 Å². The van der Waals surface area contributed by atoms with E-state index in [2.05, 4.69) is 10.1 Å². The number of nitrogens with zero attached hydrogens (tertiary/aromatic N) is 1. The van der Waals surface area contributed by atoms with Crippen molar-refractivity contribution in [2.75, 3.05) is 5.32 Å². The fourth-order valence-corrected chi connectivity index (χ4v) is 1.97. The summed E-state index contributed by atoms with van der Waals surface area (Å²) in [7, 11) is 0. The number of carbonyl (C=O) groups is 1. The highest BCUT2D eigenvalue weighted by Gasteiger charge is 2.33. The predicted octanol–water partition coefficient (Wildman–Crippen LogP) is 4.60. The number of ketones is 1. The number of aryl methyl sites for hydroxylation is 1. The first-order valence-electron chi connectivity index (χ1n) is 7.13. The van der Waals surface area contributed by atoms with Gasteiger partial charge in [0.15, 0.2) is 0 Å². The van der Waals surface area contributed by atoms with Gasteiger partial charge in [0.25, 0.3) is 0 Å². The number of Topliss-reactive ketones (excluding diaryl/α,β-unsaturated/α-hetero) is 1. The van der Waals surface area contributed by atoms with Crippen LogP contribution >= 0.6 is 0 Å². The summed E-state index contributed by atoms with van der Waals surface area (Å²) in [6.07, 6.45) is -3.79. The number of para-hydroxylation sites is 1. The molecular weight excluding hydrogens is 333 g/mol. The summed E-state index contributed by atoms with van der Waals surface area (Å²) in [6, 6.07) is 13.7. The van der Waals surface area contributed by atoms with Crippen molar-refractivity contribution in [3.63, 3.8) is 0 Å². The van der Waals surface area contributed by atoms with Gasteiger partial charge in [-0.1, -0.05) is 29.8 Å². The topological polar surface area (TPSA) is 62.1 Å². The fraction of sp³-hybridized carbons (Fsp3) is 0.111. The maximum atomic E-state index is 12.4. The summed E-state index contributed by atoms with van der Waals surface area (Å²) in [5, 5.41) is 11.9. The number of ether oxygens (including phenoxy) is 1. The second-order valence-corrected chi connectivity index (χ2v) is 5.05. The van der Waals surface area contributed by atoms with Crippen molar-refractivity contribution in [1.82, 2.24) is 0 Å². The molecule has 0 atom stereocenters. The van der Waals surface area contributed by atoms with Crippen LogP contribution in [0.25, 0.3) is 0 Å². The third kappa shape index (κ3) is 5.11. The zero-order chi connectivity index (χ0) is 18.4. The minimum absolute atomic E-state index is 0.348. The highest BCUT2D eigenvalue weighted by molar-refractivity contribution is 6.13. The van der Waals surface area contributed by atoms with Crippen LogP contribution in [0.5, 0.6) is 5.75 Å². The van der Waals surface area contributed by atoms with Crippen molar-refractivity contribution in [3.8, 4) is 11.8 Å². The van der Waals surface area contributed by atoms with Gasteiger partial charge < -0.3 is 10.1 Å². The number of nitriles is 1. The van der Waals surface area contributed by atoms with Crippen molar-refractivity contribution in [2.24, 2.45) is 0 Å². The molecule has 2 rings (SSSR count). The second-order valence-electron chi connectivity index (χ2n) is 5.05. The molecule has 0 aliphatic rings. The monoisotopic (exact) mass is 346 g/mol. The van der Waals surface area contributed by atoms with E-state index in [-0.39, 0.29) is 11.1 Å². The van der Waals surface area contributed by atoms with Crippen molar-refractivity contribution in [2.45, 2.75) is 13.3 Å². The number of halogens is 3. The first kappa shape index (κ1) is 18.1. The zero-order valence-corrected chi connectivity index (χ0v) is 13.1. The lowest BCUT2D eigenvalue weighted by molar-refractivity contribution is -0.274. The van der Waals surface area contributed by atoms with Crippen LogP contribution in [0, 0.1) is 18.3 Å². The van der Waals surface area contributed by atoms with E-state index < -0.39 is 17.9 Å². The molecule has 2 aromatic carbocycles. The molecule has 0 aliphatic heterocycles. The third-order valence-electron chi connectivity index (χ3n) is 3.16. The number of anilines is 1. The highest BCUT2D eigenvalue weighted by atomic mass is 19.4. The SMILES string of the molecule is Cc1ccc(N/C=C(/C#N)C(=O)c2ccccc2OC(F)(F)F)cc1. The van der Waals surface area contributed by atoms with Gasteiger partial charge in [0.05, 0.1) is 5.56 Å². The van der Waals surface area contributed by atoms with Crippen LogP contribution in [0.4, 0.5) is 18.9 Å². The Labute approximate surface area is 142 Å². The molecule has 0 saturated heterocycles. The average Bonchev–Trinajstić information content (AvgIpc) is 2.56. The number of nitrogens with one attached hydrogen (secondary N) is 1. The van der Waals surface area contributed by atoms with Gasteiger partial charge in [-0.05, 0) is 31.2 Å². The van der Waals surface area contributed by atoms with Crippen molar-refractivity contribution in [3.05, 3.63) is 71.4 Å². The molecule has 0 unspecified atom stereocenters. The molecule has 0 fully saturated rings. The summed E-state index contributed by atoms with van der Waals surface area (Å²) in [4.78, 5) is 12.4. The molecule has 2 aromatic rings. The predicted molar refractivity (Wildman–Crippen MR) is 86.0 cm³/mol. The number of carbonyl (C=O) groups excluding carboxylic acids is 1. The Bertz CT molecular complexity index is 835. The molecule has 0 heterocycles. The van der Waals surface area contributed by atoms with Gasteiger partial charge in [-0.25, -0.2) is 0 Å². The molecule has 0 aromatic heterocycles. The molecule has 0 bridgehead atoms. The van der Waals surface area contributed by atoms with Crippen LogP contribution in [0.1, 0.15) is 15.9 Å². The van der Waals surface area contributed by atoms with E-state index in [9.17, 15) is 18.0 Å². The molecule has 25 heavy (non-hydrogen) atoms. The lowest BCUT2D eigenvalue weighted by atomic mass is 10.0. The average molecular weight is 346 g/mol. The molecule has 0 saturated carbocycles. The zero-order valence-electron chi connectivity index (χ0n) is 13.1. The Hall–Kier alpha value is -3.27. The van der Waals surface area contributed by atoms with Crippen LogP contribution in [0.15, 0.2) is 60.3 Å². The molecule has 7 heteroatoms. The third-order valence-corrected chi connectivity index (χ3v) is 3.16. The normalized spacial score (nSPS) is 11.6. The van der Waals surface area contributed by atoms with E-state index in [1.165, 1.54) is 18.2 Å². The number of alkyl halides is 3. The van der Waals surface area contributed by atoms with Gasteiger partial charge in [0, 0.05) is 11.9 Å². The molecule has 128 valence electrons. The maximum absolute atomic E-state index is 12.4. The Morgan fingerprint density at radius 2 is 1.80 bits per heavy atom. The van der Waals surface area contributed by atoms with Gasteiger partial charge >= 0.3 is 6.36 Å². The molecule has 1 N–H and O–H groups in total. The summed E-state index contributed by atoms with van der Waals surface area (Å²) < 4.78 is 41.2. The molecule has 4 nitrogen and oxygen atoms in total. The molecular formula is C18H13F3N2O2. The lowest BCUT2D eigenvalue weighted by Crippen LogP contribution is -2.19. The molecule has 0 radical (unpaired) electrons. The quantitative estimate of drug-likeness (QED) is 0.488. The second kappa shape index (κ2) is 7.53. The lowest BCUT2D eigenvalue weighted by Gasteiger charge is -2.12. The van der Waals surface area contributed by atoms with Crippen LogP contribution in [-0.4, -0.2) is 12.1 Å². The van der Waals surface area contributed by atoms with E-state index in [4.69, 9.17) is 5.26 Å². The van der Waals surface area contributed by atoms with E-state index >= 15 is 0 Å². The number of hydrogen-bond acceptors (Lipinski definition) is 4. The minimum atomic E-state index is -4.94. The fourth-order valence-electron chi connectivity index (χ4n) is 1.97. The Morgan fingerprint density at radius 1 is 1.16 bits per heavy atom. The van der Waals surface area contributed by atoms with Crippen molar-refractivity contribution in [1.29, 1.82) is 5.26 Å². The summed E-state index contributed by atoms with van der Waals surface area (Å²) in [5.41, 5.74) is 0.965. The molecule has 0 spiro atoms. The van der Waals surface area contributed by atoms with E-state index in [1.54, 1.807) is 18.2 Å². The highest BCUT2D eigenvalue weighted by Crippen LogP contribution is 2.27. The van der Waals surface area contributed by atoms with Gasteiger partial charge in [-0.15, -0.1) is 13.2 Å². The Balaban J connectivity index is 2.27. The van der Waals surface area contributed by atoms with Gasteiger partial charge in [0.1, 0.15) is 17.4 Å². The maximum Gasteiger partial charge on any atom is 0.573 e. The largest absolute Gasteiger partial charge is 0.573 e. The Kier molecular flexibility index (Phi) is 5.45. The number of allylic oxidation sites excluding steroid dienone is 1. The Morgan fingerprint density at radius 3 is 2.40 bits per heavy atom. The van der Waals surface area contributed by atoms with Crippen LogP contribution in [0.3, 0.4) is 0 Å². The number of hydrogen-bond donors (Lipinski definition) is 1. The van der Waals surface area contributed by atoms with E-state index in [0.29, 0.717) is 5.69 Å². The smallest absolute Gasteiger partial charge is 0.405 e. The van der Waals surface area contributed by atoms with Crippen molar-refractivity contribution < 1.29 is 22.7 Å². The van der Waals surface area contributed by atoms with E-state index in [0.717, 1.165) is 17.8 Å². The summed E-state index contributed by atoms with van der Waals surface area (Å²) in [6.45, 7) is 1.90. The van der Waals surface area contributed by atoms with Crippen molar-refractivity contribution >= 4 is 11.5 Å².